The molecule has 5 rings (SSSR count). The predicted octanol–water partition coefficient (Wildman–Crippen LogP) is 4.47. The number of thiazole rings is 1. The number of benzene rings is 2. The molecule has 7 heteroatoms. The Morgan fingerprint density at radius 3 is 2.31 bits per heavy atom. The number of carbonyl (C=O) groups excluding carboxylic acids is 3. The minimum atomic E-state index is -0.347. The zero-order chi connectivity index (χ0) is 22.2. The van der Waals surface area contributed by atoms with Gasteiger partial charge in [-0.15, -0.1) is 0 Å². The van der Waals surface area contributed by atoms with Crippen LogP contribution in [0.1, 0.15) is 25.3 Å². The van der Waals surface area contributed by atoms with Gasteiger partial charge in [0.25, 0.3) is 5.91 Å². The normalized spacial score (nSPS) is 20.1. The second-order valence-corrected chi connectivity index (χ2v) is 9.14. The molecule has 2 unspecified atom stereocenters. The molecular formula is C25H23N3O3S. The maximum Gasteiger partial charge on any atom is 0.253 e. The molecule has 2 heterocycles. The molecule has 162 valence electrons. The minimum Gasteiger partial charge on any atom is -0.274 e. The Kier molecular flexibility index (Phi) is 5.35. The fraction of sp³-hybridized carbons (Fsp3) is 0.280. The molecule has 0 N–H and O–H groups in total. The van der Waals surface area contributed by atoms with Gasteiger partial charge in [-0.2, -0.15) is 0 Å². The number of rotatable bonds is 5. The molecule has 1 aliphatic heterocycles. The van der Waals surface area contributed by atoms with Crippen molar-refractivity contribution >= 4 is 50.1 Å². The van der Waals surface area contributed by atoms with Gasteiger partial charge in [0.15, 0.2) is 5.13 Å². The van der Waals surface area contributed by atoms with E-state index in [0.717, 1.165) is 27.1 Å². The third kappa shape index (κ3) is 3.52. The van der Waals surface area contributed by atoms with Gasteiger partial charge in [-0.05, 0) is 49.1 Å². The largest absolute Gasteiger partial charge is 0.274 e. The number of hydrogen-bond donors (Lipinski definition) is 0. The number of anilines is 2. The molecule has 2 aromatic carbocycles. The van der Waals surface area contributed by atoms with Crippen LogP contribution < -0.4 is 4.90 Å². The average Bonchev–Trinajstić information content (AvgIpc) is 3.35. The summed E-state index contributed by atoms with van der Waals surface area (Å²) in [7, 11) is 0. The number of amides is 3. The van der Waals surface area contributed by atoms with Crippen LogP contribution in [-0.4, -0.2) is 34.2 Å². The van der Waals surface area contributed by atoms with Crippen molar-refractivity contribution in [1.82, 2.24) is 9.88 Å². The first-order valence-corrected chi connectivity index (χ1v) is 11.7. The molecule has 0 radical (unpaired) electrons. The van der Waals surface area contributed by atoms with E-state index in [0.29, 0.717) is 23.7 Å². The van der Waals surface area contributed by atoms with E-state index < -0.39 is 0 Å². The van der Waals surface area contributed by atoms with Crippen LogP contribution in [0.5, 0.6) is 0 Å². The lowest BCUT2D eigenvalue weighted by atomic mass is 9.85. The number of allylic oxidation sites excluding steroid dienone is 2. The third-order valence-corrected chi connectivity index (χ3v) is 7.24. The molecule has 0 bridgehead atoms. The van der Waals surface area contributed by atoms with Crippen LogP contribution in [0.2, 0.25) is 0 Å². The van der Waals surface area contributed by atoms with Gasteiger partial charge < -0.3 is 0 Å². The minimum absolute atomic E-state index is 0.247. The molecular weight excluding hydrogens is 422 g/mol. The van der Waals surface area contributed by atoms with Crippen LogP contribution in [0.15, 0.2) is 60.7 Å². The summed E-state index contributed by atoms with van der Waals surface area (Å²) in [4.78, 5) is 46.7. The lowest BCUT2D eigenvalue weighted by Crippen LogP contribution is -2.41. The van der Waals surface area contributed by atoms with E-state index in [1.165, 1.54) is 16.2 Å². The van der Waals surface area contributed by atoms with Crippen molar-refractivity contribution in [3.63, 3.8) is 0 Å². The fourth-order valence-corrected chi connectivity index (χ4v) is 5.43. The van der Waals surface area contributed by atoms with E-state index in [4.69, 9.17) is 0 Å². The van der Waals surface area contributed by atoms with Crippen LogP contribution in [0, 0.1) is 11.8 Å². The van der Waals surface area contributed by atoms with Crippen molar-refractivity contribution in [2.75, 3.05) is 11.4 Å². The average molecular weight is 446 g/mol. The first-order valence-electron chi connectivity index (χ1n) is 10.8. The zero-order valence-electron chi connectivity index (χ0n) is 17.7. The standard InChI is InChI=1S/C25H23N3O3S/c1-2-16-11-13-17(14-12-16)28(25-26-20-9-5-6-10-21(20)32-25)22(29)15-27-23(30)18-7-3-4-8-19(18)24(27)31/h3-6,9-14,18-19H,2,7-8,15H2,1H3. The Morgan fingerprint density at radius 1 is 1.03 bits per heavy atom. The lowest BCUT2D eigenvalue weighted by molar-refractivity contribution is -0.143. The summed E-state index contributed by atoms with van der Waals surface area (Å²) in [6, 6.07) is 15.5. The molecule has 3 amide bonds. The lowest BCUT2D eigenvalue weighted by Gasteiger charge is -2.23. The van der Waals surface area contributed by atoms with Gasteiger partial charge in [0.2, 0.25) is 11.8 Å². The van der Waals surface area contributed by atoms with Crippen LogP contribution in [0.25, 0.3) is 10.2 Å². The summed E-state index contributed by atoms with van der Waals surface area (Å²) in [6.07, 6.45) is 5.89. The fourth-order valence-electron chi connectivity index (χ4n) is 4.43. The predicted molar refractivity (Wildman–Crippen MR) is 125 cm³/mol. The highest BCUT2D eigenvalue weighted by molar-refractivity contribution is 7.22. The van der Waals surface area contributed by atoms with E-state index in [-0.39, 0.29) is 36.1 Å². The van der Waals surface area contributed by atoms with Gasteiger partial charge in [-0.1, -0.05) is 54.7 Å². The smallest absolute Gasteiger partial charge is 0.253 e. The number of nitrogens with zero attached hydrogens (tertiary/aromatic N) is 3. The van der Waals surface area contributed by atoms with Crippen LogP contribution >= 0.6 is 11.3 Å². The highest BCUT2D eigenvalue weighted by Gasteiger charge is 2.48. The summed E-state index contributed by atoms with van der Waals surface area (Å²) in [5.74, 6) is -1.53. The Bertz CT molecular complexity index is 1170. The summed E-state index contributed by atoms with van der Waals surface area (Å²) in [6.45, 7) is 1.79. The number of aryl methyl sites for hydroxylation is 1. The van der Waals surface area contributed by atoms with Crippen LogP contribution in [0.3, 0.4) is 0 Å². The van der Waals surface area contributed by atoms with Crippen molar-refractivity contribution in [1.29, 1.82) is 0 Å². The summed E-state index contributed by atoms with van der Waals surface area (Å²) < 4.78 is 0.968. The van der Waals surface area contributed by atoms with E-state index in [9.17, 15) is 14.4 Å². The highest BCUT2D eigenvalue weighted by Crippen LogP contribution is 2.37. The second kappa shape index (κ2) is 8.31. The van der Waals surface area contributed by atoms with Crippen molar-refractivity contribution in [3.05, 3.63) is 66.2 Å². The van der Waals surface area contributed by atoms with Crippen LogP contribution in [0.4, 0.5) is 10.8 Å². The highest BCUT2D eigenvalue weighted by atomic mass is 32.1. The van der Waals surface area contributed by atoms with E-state index in [2.05, 4.69) is 11.9 Å². The van der Waals surface area contributed by atoms with Gasteiger partial charge in [0.05, 0.1) is 27.7 Å². The summed E-state index contributed by atoms with van der Waals surface area (Å²) in [5, 5.41) is 0.527. The molecule has 1 aliphatic carbocycles. The van der Waals surface area contributed by atoms with E-state index >= 15 is 0 Å². The number of imide groups is 1. The van der Waals surface area contributed by atoms with Crippen molar-refractivity contribution in [3.8, 4) is 0 Å². The maximum atomic E-state index is 13.6. The van der Waals surface area contributed by atoms with E-state index in [1.807, 2.05) is 60.7 Å². The molecule has 3 aromatic rings. The Morgan fingerprint density at radius 2 is 1.69 bits per heavy atom. The van der Waals surface area contributed by atoms with Crippen LogP contribution in [-0.2, 0) is 20.8 Å². The number of fused-ring (bicyclic) bond motifs is 2. The van der Waals surface area contributed by atoms with E-state index in [1.54, 1.807) is 0 Å². The van der Waals surface area contributed by atoms with Crippen molar-refractivity contribution in [2.24, 2.45) is 11.8 Å². The number of aromatic nitrogens is 1. The van der Waals surface area contributed by atoms with Crippen molar-refractivity contribution in [2.45, 2.75) is 26.2 Å². The first kappa shape index (κ1) is 20.6. The molecule has 1 aromatic heterocycles. The molecule has 1 saturated heterocycles. The molecule has 0 spiro atoms. The Hall–Kier alpha value is -3.32. The quantitative estimate of drug-likeness (QED) is 0.429. The van der Waals surface area contributed by atoms with Gasteiger partial charge in [0.1, 0.15) is 6.54 Å². The first-order chi connectivity index (χ1) is 15.6. The topological polar surface area (TPSA) is 70.6 Å². The molecule has 2 aliphatic rings. The molecule has 1 fully saturated rings. The third-order valence-electron chi connectivity index (χ3n) is 6.22. The number of carbonyl (C=O) groups is 3. The Balaban J connectivity index is 1.49. The van der Waals surface area contributed by atoms with Gasteiger partial charge in [0, 0.05) is 0 Å². The SMILES string of the molecule is CCc1ccc(N(C(=O)CN2C(=O)C3CC=CCC3C2=O)c2nc3ccccc3s2)cc1. The molecule has 2 atom stereocenters. The van der Waals surface area contributed by atoms with Gasteiger partial charge in [-0.25, -0.2) is 4.98 Å². The van der Waals surface area contributed by atoms with Crippen molar-refractivity contribution < 1.29 is 14.4 Å². The second-order valence-electron chi connectivity index (χ2n) is 8.13. The number of hydrogen-bond acceptors (Lipinski definition) is 5. The number of para-hydroxylation sites is 1. The number of likely N-dealkylation sites (tertiary alicyclic amines) is 1. The molecule has 0 saturated carbocycles. The van der Waals surface area contributed by atoms with Gasteiger partial charge >= 0.3 is 0 Å². The summed E-state index contributed by atoms with van der Waals surface area (Å²) in [5.41, 5.74) is 2.64. The maximum absolute atomic E-state index is 13.6. The monoisotopic (exact) mass is 445 g/mol. The molecule has 32 heavy (non-hydrogen) atoms. The zero-order valence-corrected chi connectivity index (χ0v) is 18.5. The van der Waals surface area contributed by atoms with Gasteiger partial charge in [-0.3, -0.25) is 24.2 Å². The summed E-state index contributed by atoms with van der Waals surface area (Å²) >= 11 is 1.41. The Labute approximate surface area is 190 Å². The molecule has 6 nitrogen and oxygen atoms in total.